The van der Waals surface area contributed by atoms with Crippen LogP contribution >= 0.6 is 0 Å². The molecule has 0 saturated carbocycles. The molecule has 0 atom stereocenters. The Morgan fingerprint density at radius 3 is 2.10 bits per heavy atom. The Morgan fingerprint density at radius 2 is 1.80 bits per heavy atom. The summed E-state index contributed by atoms with van der Waals surface area (Å²) in [5, 5.41) is 0. The van der Waals surface area contributed by atoms with E-state index in [1.165, 1.54) is 0 Å². The monoisotopic (exact) mass is 161 g/mol. The summed E-state index contributed by atoms with van der Waals surface area (Å²) in [7, 11) is 0. The van der Waals surface area contributed by atoms with Crippen molar-refractivity contribution in [3.8, 4) is 0 Å². The molecule has 0 radical (unpaired) electrons. The summed E-state index contributed by atoms with van der Waals surface area (Å²) in [6.45, 7) is 0. The van der Waals surface area contributed by atoms with Gasteiger partial charge in [0.05, 0.1) is 0 Å². The summed E-state index contributed by atoms with van der Waals surface area (Å²) in [6, 6.07) is 8.76. The van der Waals surface area contributed by atoms with Crippen LogP contribution in [0.25, 0.3) is 0 Å². The van der Waals surface area contributed by atoms with Crippen LogP contribution in [0.3, 0.4) is 0 Å². The van der Waals surface area contributed by atoms with Gasteiger partial charge in [-0.3, -0.25) is 4.79 Å². The molecule has 0 bridgehead atoms. The fourth-order valence-corrected chi connectivity index (χ4v) is 0.602. The molecular formula is C7H8KNO. The Hall–Kier alpha value is 0.326. The smallest absolute Gasteiger partial charge is 1.00 e. The zero-order valence-electron chi connectivity index (χ0n) is 6.87. The number of hydrogen-bond donors (Lipinski definition) is 1. The average Bonchev–Trinajstić information content (AvgIpc) is 1.90. The maximum absolute atomic E-state index is 10.4. The Morgan fingerprint density at radius 1 is 1.30 bits per heavy atom. The molecule has 1 aromatic carbocycles. The fraction of sp³-hybridized carbons (Fsp3) is 0. The second-order valence-electron chi connectivity index (χ2n) is 1.73. The first-order valence-corrected chi connectivity index (χ1v) is 2.65. The van der Waals surface area contributed by atoms with Gasteiger partial charge >= 0.3 is 51.4 Å². The summed E-state index contributed by atoms with van der Waals surface area (Å²) < 4.78 is 0. The number of carbonyl (C=O) groups excluding carboxylic acids is 1. The van der Waals surface area contributed by atoms with Gasteiger partial charge in [-0.2, -0.15) is 0 Å². The Labute approximate surface area is 104 Å². The van der Waals surface area contributed by atoms with Crippen molar-refractivity contribution < 1.29 is 57.6 Å². The molecule has 0 fully saturated rings. The number of benzene rings is 1. The van der Waals surface area contributed by atoms with E-state index in [0.29, 0.717) is 5.56 Å². The number of carbonyl (C=O) groups is 1. The number of primary amides is 1. The van der Waals surface area contributed by atoms with Gasteiger partial charge in [-0.05, 0) is 12.1 Å². The van der Waals surface area contributed by atoms with Crippen LogP contribution in [0.2, 0.25) is 0 Å². The molecule has 10 heavy (non-hydrogen) atoms. The van der Waals surface area contributed by atoms with E-state index in [1.807, 2.05) is 6.07 Å². The van der Waals surface area contributed by atoms with Gasteiger partial charge in [0.2, 0.25) is 5.91 Å². The van der Waals surface area contributed by atoms with Crippen molar-refractivity contribution >= 4 is 5.91 Å². The minimum Gasteiger partial charge on any atom is -1.00 e. The van der Waals surface area contributed by atoms with Crippen LogP contribution in [0.1, 0.15) is 11.8 Å². The van der Waals surface area contributed by atoms with Crippen molar-refractivity contribution in [1.82, 2.24) is 0 Å². The quantitative estimate of drug-likeness (QED) is 0.471. The minimum absolute atomic E-state index is 0. The second-order valence-corrected chi connectivity index (χ2v) is 1.73. The molecule has 3 heteroatoms. The molecule has 1 aromatic rings. The van der Waals surface area contributed by atoms with E-state index in [4.69, 9.17) is 5.73 Å². The SMILES string of the molecule is NC(=O)c1ccccc1.[H-].[K+]. The third-order valence-corrected chi connectivity index (χ3v) is 1.06. The molecule has 0 aliphatic rings. The predicted octanol–water partition coefficient (Wildman–Crippen LogP) is -2.10. The van der Waals surface area contributed by atoms with E-state index >= 15 is 0 Å². The molecule has 48 valence electrons. The zero-order chi connectivity index (χ0) is 6.69. The number of nitrogens with two attached hydrogens (primary N) is 1. The summed E-state index contributed by atoms with van der Waals surface area (Å²) in [5.74, 6) is -0.379. The molecule has 1 amide bonds. The second kappa shape index (κ2) is 5.04. The van der Waals surface area contributed by atoms with E-state index < -0.39 is 0 Å². The first-order chi connectivity index (χ1) is 4.30. The third-order valence-electron chi connectivity index (χ3n) is 1.06. The molecule has 0 aromatic heterocycles. The molecule has 1 rings (SSSR count). The van der Waals surface area contributed by atoms with Crippen LogP contribution in [0.15, 0.2) is 30.3 Å². The van der Waals surface area contributed by atoms with Crippen LogP contribution in [0.5, 0.6) is 0 Å². The van der Waals surface area contributed by atoms with Gasteiger partial charge < -0.3 is 7.16 Å². The fourth-order valence-electron chi connectivity index (χ4n) is 0.602. The number of amides is 1. The van der Waals surface area contributed by atoms with Crippen LogP contribution in [-0.2, 0) is 0 Å². The Bertz CT molecular complexity index is 215. The molecular weight excluding hydrogens is 153 g/mol. The first kappa shape index (κ1) is 10.3. The number of rotatable bonds is 1. The van der Waals surface area contributed by atoms with Crippen molar-refractivity contribution in [2.24, 2.45) is 5.73 Å². The van der Waals surface area contributed by atoms with Crippen LogP contribution in [-0.4, -0.2) is 5.91 Å². The van der Waals surface area contributed by atoms with Crippen molar-refractivity contribution in [1.29, 1.82) is 0 Å². The van der Waals surface area contributed by atoms with Crippen molar-refractivity contribution in [2.45, 2.75) is 0 Å². The van der Waals surface area contributed by atoms with Gasteiger partial charge in [0.1, 0.15) is 0 Å². The molecule has 0 heterocycles. The minimum atomic E-state index is -0.379. The first-order valence-electron chi connectivity index (χ1n) is 2.65. The van der Waals surface area contributed by atoms with Crippen LogP contribution in [0.4, 0.5) is 0 Å². The molecule has 2 nitrogen and oxygen atoms in total. The predicted molar refractivity (Wildman–Crippen MR) is 36.1 cm³/mol. The summed E-state index contributed by atoms with van der Waals surface area (Å²) in [4.78, 5) is 10.4. The van der Waals surface area contributed by atoms with Crippen molar-refractivity contribution in [3.05, 3.63) is 35.9 Å². The third kappa shape index (κ3) is 2.94. The summed E-state index contributed by atoms with van der Waals surface area (Å²) >= 11 is 0. The Kier molecular flexibility index (Phi) is 5.20. The number of hydrogen-bond acceptors (Lipinski definition) is 1. The molecule has 0 saturated heterocycles. The van der Waals surface area contributed by atoms with Gasteiger partial charge in [-0.25, -0.2) is 0 Å². The van der Waals surface area contributed by atoms with E-state index in [-0.39, 0.29) is 58.7 Å². The maximum Gasteiger partial charge on any atom is 1.00 e. The van der Waals surface area contributed by atoms with Crippen LogP contribution in [0, 0.1) is 0 Å². The topological polar surface area (TPSA) is 43.1 Å². The van der Waals surface area contributed by atoms with Gasteiger partial charge in [0, 0.05) is 5.56 Å². The average molecular weight is 161 g/mol. The van der Waals surface area contributed by atoms with Crippen molar-refractivity contribution in [3.63, 3.8) is 0 Å². The normalized spacial score (nSPS) is 8.00. The molecule has 0 spiro atoms. The van der Waals surface area contributed by atoms with Gasteiger partial charge in [-0.15, -0.1) is 0 Å². The Balaban J connectivity index is 0. The summed E-state index contributed by atoms with van der Waals surface area (Å²) in [6.07, 6.45) is 0. The van der Waals surface area contributed by atoms with E-state index in [0.717, 1.165) is 0 Å². The van der Waals surface area contributed by atoms with Gasteiger partial charge in [-0.1, -0.05) is 18.2 Å². The molecule has 0 aliphatic heterocycles. The summed E-state index contributed by atoms with van der Waals surface area (Å²) in [5.41, 5.74) is 5.53. The van der Waals surface area contributed by atoms with Crippen molar-refractivity contribution in [2.75, 3.05) is 0 Å². The molecule has 2 N–H and O–H groups in total. The van der Waals surface area contributed by atoms with Gasteiger partial charge in [0.25, 0.3) is 0 Å². The molecule has 0 aliphatic carbocycles. The van der Waals surface area contributed by atoms with E-state index in [1.54, 1.807) is 24.3 Å². The standard InChI is InChI=1S/C7H7NO.K.H/c8-7(9)6-4-2-1-3-5-6;;/h1-5H,(H2,8,9);;/q;+1;-1. The largest absolute Gasteiger partial charge is 1.00 e. The van der Waals surface area contributed by atoms with Gasteiger partial charge in [0.15, 0.2) is 0 Å². The van der Waals surface area contributed by atoms with Crippen LogP contribution < -0.4 is 57.1 Å². The van der Waals surface area contributed by atoms with E-state index in [9.17, 15) is 4.79 Å². The maximum atomic E-state index is 10.4. The zero-order valence-corrected chi connectivity index (χ0v) is 9.00. The van der Waals surface area contributed by atoms with E-state index in [2.05, 4.69) is 0 Å². The molecule has 0 unspecified atom stereocenters.